The highest BCUT2D eigenvalue weighted by molar-refractivity contribution is 6.32. The first-order chi connectivity index (χ1) is 12.5. The Bertz CT molecular complexity index is 807. The predicted molar refractivity (Wildman–Crippen MR) is 101 cm³/mol. The second kappa shape index (κ2) is 9.48. The molecule has 2 aromatic rings. The van der Waals surface area contributed by atoms with Crippen LogP contribution in [0.1, 0.15) is 21.5 Å². The Balaban J connectivity index is 1.88. The molecule has 0 atom stereocenters. The molecule has 7 heteroatoms. The molecule has 0 saturated carbocycles. The van der Waals surface area contributed by atoms with Gasteiger partial charge in [-0.3, -0.25) is 0 Å². The van der Waals surface area contributed by atoms with E-state index in [9.17, 15) is 9.59 Å². The van der Waals surface area contributed by atoms with Gasteiger partial charge in [0.1, 0.15) is 6.61 Å². The highest BCUT2D eigenvalue weighted by atomic mass is 35.5. The molecule has 0 unspecified atom stereocenters. The van der Waals surface area contributed by atoms with Crippen molar-refractivity contribution in [1.82, 2.24) is 5.32 Å². The van der Waals surface area contributed by atoms with Crippen molar-refractivity contribution < 1.29 is 19.1 Å². The summed E-state index contributed by atoms with van der Waals surface area (Å²) in [6.45, 7) is 0.435. The van der Waals surface area contributed by atoms with E-state index in [4.69, 9.17) is 22.1 Å². The third-order valence-electron chi connectivity index (χ3n) is 3.45. The molecule has 0 heterocycles. The Labute approximate surface area is 156 Å². The molecule has 136 valence electrons. The van der Waals surface area contributed by atoms with Crippen molar-refractivity contribution in [3.63, 3.8) is 0 Å². The molecule has 0 saturated heterocycles. The number of hydrogen-bond donors (Lipinski definition) is 2. The number of nitrogens with one attached hydrogen (secondary N) is 1. The van der Waals surface area contributed by atoms with Crippen molar-refractivity contribution in [3.8, 4) is 0 Å². The van der Waals surface area contributed by atoms with Crippen molar-refractivity contribution in [2.75, 3.05) is 19.4 Å². The standard InChI is InChI=1S/C19H19ClN2O4/c1-25-18(23)15-10-14(16(20)11-17(15)21)8-5-9-22-19(24)26-12-13-6-3-2-4-7-13/h2-8,10-11H,9,12,21H2,1H3,(H,22,24). The van der Waals surface area contributed by atoms with Gasteiger partial charge in [-0.1, -0.05) is 54.1 Å². The quantitative estimate of drug-likeness (QED) is 0.595. The molecule has 0 bridgehead atoms. The third-order valence-corrected chi connectivity index (χ3v) is 3.78. The summed E-state index contributed by atoms with van der Waals surface area (Å²) in [6, 6.07) is 12.4. The van der Waals surface area contributed by atoms with Crippen LogP contribution in [-0.4, -0.2) is 25.7 Å². The minimum absolute atomic E-state index is 0.197. The average molecular weight is 375 g/mol. The normalized spacial score (nSPS) is 10.5. The van der Waals surface area contributed by atoms with Gasteiger partial charge in [0.05, 0.1) is 12.7 Å². The van der Waals surface area contributed by atoms with E-state index in [1.807, 2.05) is 30.3 Å². The zero-order valence-electron chi connectivity index (χ0n) is 14.2. The lowest BCUT2D eigenvalue weighted by molar-refractivity contribution is 0.0602. The molecule has 26 heavy (non-hydrogen) atoms. The van der Waals surface area contributed by atoms with Crippen LogP contribution >= 0.6 is 11.6 Å². The average Bonchev–Trinajstić information content (AvgIpc) is 2.65. The van der Waals surface area contributed by atoms with Crippen LogP contribution in [0.15, 0.2) is 48.5 Å². The number of carbonyl (C=O) groups is 2. The first-order valence-corrected chi connectivity index (χ1v) is 8.17. The summed E-state index contributed by atoms with van der Waals surface area (Å²) in [6.07, 6.45) is 2.82. The number of amides is 1. The van der Waals surface area contributed by atoms with Gasteiger partial charge in [-0.2, -0.15) is 0 Å². The van der Waals surface area contributed by atoms with E-state index >= 15 is 0 Å². The molecular weight excluding hydrogens is 356 g/mol. The van der Waals surface area contributed by atoms with Crippen LogP contribution in [0.25, 0.3) is 6.08 Å². The summed E-state index contributed by atoms with van der Waals surface area (Å²) in [7, 11) is 1.27. The number of rotatable bonds is 6. The lowest BCUT2D eigenvalue weighted by Crippen LogP contribution is -2.24. The predicted octanol–water partition coefficient (Wildman–Crippen LogP) is 3.65. The van der Waals surface area contributed by atoms with Gasteiger partial charge in [-0.15, -0.1) is 0 Å². The zero-order valence-corrected chi connectivity index (χ0v) is 15.0. The zero-order chi connectivity index (χ0) is 18.9. The van der Waals surface area contributed by atoms with Gasteiger partial charge in [0, 0.05) is 17.3 Å². The summed E-state index contributed by atoms with van der Waals surface area (Å²) in [5, 5.41) is 2.98. The van der Waals surface area contributed by atoms with Crippen LogP contribution in [0.3, 0.4) is 0 Å². The summed E-state index contributed by atoms with van der Waals surface area (Å²) in [5.41, 5.74) is 7.71. The number of methoxy groups -OCH3 is 1. The molecule has 0 radical (unpaired) electrons. The van der Waals surface area contributed by atoms with Gasteiger partial charge in [-0.25, -0.2) is 9.59 Å². The number of carbonyl (C=O) groups excluding carboxylic acids is 2. The molecule has 0 aliphatic carbocycles. The van der Waals surface area contributed by atoms with Crippen LogP contribution in [0.4, 0.5) is 10.5 Å². The fraction of sp³-hybridized carbons (Fsp3) is 0.158. The number of ether oxygens (including phenoxy) is 2. The van der Waals surface area contributed by atoms with Crippen molar-refractivity contribution in [3.05, 3.63) is 70.3 Å². The van der Waals surface area contributed by atoms with Crippen molar-refractivity contribution in [2.45, 2.75) is 6.61 Å². The van der Waals surface area contributed by atoms with E-state index in [-0.39, 0.29) is 24.4 Å². The Hall–Kier alpha value is -2.99. The van der Waals surface area contributed by atoms with Crippen molar-refractivity contribution in [1.29, 1.82) is 0 Å². The topological polar surface area (TPSA) is 90.6 Å². The minimum Gasteiger partial charge on any atom is -0.465 e. The van der Waals surface area contributed by atoms with Crippen LogP contribution in [0, 0.1) is 0 Å². The van der Waals surface area contributed by atoms with E-state index in [2.05, 4.69) is 10.1 Å². The van der Waals surface area contributed by atoms with Crippen molar-refractivity contribution >= 4 is 35.4 Å². The molecular formula is C19H19ClN2O4. The molecule has 2 rings (SSSR count). The Morgan fingerprint density at radius 3 is 2.65 bits per heavy atom. The first kappa shape index (κ1) is 19.3. The van der Waals surface area contributed by atoms with Crippen LogP contribution < -0.4 is 11.1 Å². The number of esters is 1. The van der Waals surface area contributed by atoms with Crippen LogP contribution in [0.2, 0.25) is 5.02 Å². The second-order valence-corrected chi connectivity index (χ2v) is 5.70. The Morgan fingerprint density at radius 1 is 1.23 bits per heavy atom. The molecule has 6 nitrogen and oxygen atoms in total. The molecule has 1 amide bonds. The number of nitrogen functional groups attached to an aromatic ring is 1. The van der Waals surface area contributed by atoms with E-state index < -0.39 is 12.1 Å². The Morgan fingerprint density at radius 2 is 1.96 bits per heavy atom. The minimum atomic E-state index is -0.545. The monoisotopic (exact) mass is 374 g/mol. The fourth-order valence-corrected chi connectivity index (χ4v) is 2.36. The summed E-state index contributed by atoms with van der Waals surface area (Å²) < 4.78 is 9.77. The van der Waals surface area contributed by atoms with Gasteiger partial charge in [0.15, 0.2) is 0 Å². The third kappa shape index (κ3) is 5.53. The van der Waals surface area contributed by atoms with Gasteiger partial charge in [0.25, 0.3) is 0 Å². The van der Waals surface area contributed by atoms with Crippen LogP contribution in [-0.2, 0) is 16.1 Å². The summed E-state index contributed by atoms with van der Waals surface area (Å²) in [5.74, 6) is -0.545. The van der Waals surface area contributed by atoms with Crippen molar-refractivity contribution in [2.24, 2.45) is 0 Å². The summed E-state index contributed by atoms with van der Waals surface area (Å²) >= 11 is 6.11. The lowest BCUT2D eigenvalue weighted by atomic mass is 10.1. The highest BCUT2D eigenvalue weighted by Gasteiger charge is 2.12. The molecule has 0 aliphatic rings. The molecule has 0 spiro atoms. The van der Waals surface area contributed by atoms with Gasteiger partial charge < -0.3 is 20.5 Å². The number of benzene rings is 2. The fourth-order valence-electron chi connectivity index (χ4n) is 2.12. The molecule has 0 fully saturated rings. The van der Waals surface area contributed by atoms with E-state index in [0.29, 0.717) is 10.6 Å². The maximum absolute atomic E-state index is 11.7. The number of halogens is 1. The molecule has 2 aromatic carbocycles. The smallest absolute Gasteiger partial charge is 0.407 e. The first-order valence-electron chi connectivity index (χ1n) is 7.79. The second-order valence-electron chi connectivity index (χ2n) is 5.30. The maximum atomic E-state index is 11.7. The lowest BCUT2D eigenvalue weighted by Gasteiger charge is -2.07. The summed E-state index contributed by atoms with van der Waals surface area (Å²) in [4.78, 5) is 23.3. The van der Waals surface area contributed by atoms with E-state index in [1.54, 1.807) is 12.2 Å². The molecule has 0 aliphatic heterocycles. The van der Waals surface area contributed by atoms with Gasteiger partial charge in [0.2, 0.25) is 0 Å². The SMILES string of the molecule is COC(=O)c1cc(C=CCNC(=O)OCc2ccccc2)c(Cl)cc1N. The number of hydrogen-bond acceptors (Lipinski definition) is 5. The number of anilines is 1. The highest BCUT2D eigenvalue weighted by Crippen LogP contribution is 2.25. The molecule has 3 N–H and O–H groups in total. The molecule has 0 aromatic heterocycles. The number of alkyl carbamates (subject to hydrolysis) is 1. The number of nitrogens with two attached hydrogens (primary N) is 1. The van der Waals surface area contributed by atoms with Gasteiger partial charge >= 0.3 is 12.1 Å². The maximum Gasteiger partial charge on any atom is 0.407 e. The van der Waals surface area contributed by atoms with E-state index in [1.165, 1.54) is 19.2 Å². The van der Waals surface area contributed by atoms with E-state index in [0.717, 1.165) is 5.56 Å². The van der Waals surface area contributed by atoms with Gasteiger partial charge in [-0.05, 0) is 23.3 Å². The van der Waals surface area contributed by atoms with Crippen LogP contribution in [0.5, 0.6) is 0 Å². The largest absolute Gasteiger partial charge is 0.465 e. The Kier molecular flexibility index (Phi) is 7.05.